The molecule has 0 saturated heterocycles. The Hall–Kier alpha value is -3.60. The lowest BCUT2D eigenvalue weighted by molar-refractivity contribution is 0.414. The molecule has 0 aromatic heterocycles. The van der Waals surface area contributed by atoms with E-state index in [2.05, 4.69) is 50.5 Å². The van der Waals surface area contributed by atoms with Gasteiger partial charge in [0, 0.05) is 16.7 Å². The summed E-state index contributed by atoms with van der Waals surface area (Å²) < 4.78 is 10.8. The summed E-state index contributed by atoms with van der Waals surface area (Å²) in [5.41, 5.74) is 9.02. The second-order valence-corrected chi connectivity index (χ2v) is 8.47. The molecule has 0 amide bonds. The normalized spacial score (nSPS) is 13.3. The number of rotatable bonds is 4. The molecular formula is C26H27N3O2. The van der Waals surface area contributed by atoms with Crippen LogP contribution in [0.15, 0.2) is 76.8 Å². The quantitative estimate of drug-likeness (QED) is 0.620. The van der Waals surface area contributed by atoms with Gasteiger partial charge in [0.1, 0.15) is 17.2 Å². The van der Waals surface area contributed by atoms with Crippen molar-refractivity contribution in [2.24, 2.45) is 10.1 Å². The number of fused-ring (bicyclic) bond motifs is 1. The third-order valence-corrected chi connectivity index (χ3v) is 5.35. The van der Waals surface area contributed by atoms with E-state index < -0.39 is 0 Å². The van der Waals surface area contributed by atoms with Crippen molar-refractivity contribution >= 4 is 17.2 Å². The molecule has 0 bridgehead atoms. The topological polar surface area (TPSA) is 55.2 Å². The Morgan fingerprint density at radius 1 is 0.742 bits per heavy atom. The van der Waals surface area contributed by atoms with Gasteiger partial charge >= 0.3 is 0 Å². The SMILES string of the molecule is COc1ccc(C2=NNC(c3ccc(C(C)(C)C)cc3)=Nc3ccc(OC)cc32)cc1. The molecule has 1 aliphatic rings. The Morgan fingerprint density at radius 2 is 1.35 bits per heavy atom. The van der Waals surface area contributed by atoms with Gasteiger partial charge in [-0.15, -0.1) is 0 Å². The minimum absolute atomic E-state index is 0.0973. The van der Waals surface area contributed by atoms with Crippen molar-refractivity contribution in [1.82, 2.24) is 5.43 Å². The van der Waals surface area contributed by atoms with Gasteiger partial charge in [0.05, 0.1) is 19.9 Å². The number of hydrogen-bond donors (Lipinski definition) is 1. The summed E-state index contributed by atoms with van der Waals surface area (Å²) in [5, 5.41) is 4.73. The van der Waals surface area contributed by atoms with Crippen molar-refractivity contribution in [3.8, 4) is 11.5 Å². The monoisotopic (exact) mass is 413 g/mol. The van der Waals surface area contributed by atoms with Gasteiger partial charge in [0.25, 0.3) is 0 Å². The van der Waals surface area contributed by atoms with Gasteiger partial charge in [-0.25, -0.2) is 4.99 Å². The van der Waals surface area contributed by atoms with Crippen molar-refractivity contribution < 1.29 is 9.47 Å². The van der Waals surface area contributed by atoms with Gasteiger partial charge in [-0.3, -0.25) is 5.43 Å². The first-order valence-electron chi connectivity index (χ1n) is 10.2. The second-order valence-electron chi connectivity index (χ2n) is 8.47. The van der Waals surface area contributed by atoms with Crippen molar-refractivity contribution in [3.05, 3.63) is 89.0 Å². The molecule has 158 valence electrons. The third kappa shape index (κ3) is 4.31. The fourth-order valence-electron chi connectivity index (χ4n) is 3.47. The van der Waals surface area contributed by atoms with E-state index in [1.807, 2.05) is 42.5 Å². The first-order valence-corrected chi connectivity index (χ1v) is 10.2. The number of methoxy groups -OCH3 is 2. The summed E-state index contributed by atoms with van der Waals surface area (Å²) in [6.45, 7) is 6.62. The van der Waals surface area contributed by atoms with E-state index in [4.69, 9.17) is 19.6 Å². The highest BCUT2D eigenvalue weighted by molar-refractivity contribution is 6.18. The van der Waals surface area contributed by atoms with Crippen LogP contribution in [0.1, 0.15) is 43.0 Å². The molecule has 5 heteroatoms. The maximum absolute atomic E-state index is 5.45. The van der Waals surface area contributed by atoms with Crippen molar-refractivity contribution in [3.63, 3.8) is 0 Å². The molecule has 0 saturated carbocycles. The summed E-state index contributed by atoms with van der Waals surface area (Å²) in [4.78, 5) is 4.90. The van der Waals surface area contributed by atoms with Crippen LogP contribution in [-0.4, -0.2) is 25.8 Å². The minimum atomic E-state index is 0.0973. The summed E-state index contributed by atoms with van der Waals surface area (Å²) in [6.07, 6.45) is 0. The van der Waals surface area contributed by atoms with Crippen LogP contribution in [0.3, 0.4) is 0 Å². The van der Waals surface area contributed by atoms with Gasteiger partial charge in [-0.1, -0.05) is 45.0 Å². The number of hydrogen-bond acceptors (Lipinski definition) is 5. The van der Waals surface area contributed by atoms with E-state index in [1.165, 1.54) is 5.56 Å². The fraction of sp³-hybridized carbons (Fsp3) is 0.231. The van der Waals surface area contributed by atoms with Crippen LogP contribution in [0.25, 0.3) is 0 Å². The van der Waals surface area contributed by atoms with Gasteiger partial charge in [0.2, 0.25) is 0 Å². The van der Waals surface area contributed by atoms with Gasteiger partial charge in [-0.05, 0) is 53.4 Å². The number of benzene rings is 3. The lowest BCUT2D eigenvalue weighted by Crippen LogP contribution is -2.20. The van der Waals surface area contributed by atoms with Crippen LogP contribution >= 0.6 is 0 Å². The highest BCUT2D eigenvalue weighted by Gasteiger charge is 2.19. The van der Waals surface area contributed by atoms with E-state index in [0.717, 1.165) is 39.6 Å². The third-order valence-electron chi connectivity index (χ3n) is 5.35. The maximum atomic E-state index is 5.45. The molecule has 31 heavy (non-hydrogen) atoms. The zero-order valence-corrected chi connectivity index (χ0v) is 18.6. The molecule has 0 unspecified atom stereocenters. The van der Waals surface area contributed by atoms with Crippen LogP contribution in [0.5, 0.6) is 11.5 Å². The average Bonchev–Trinajstić information content (AvgIpc) is 2.98. The smallest absolute Gasteiger partial charge is 0.154 e. The summed E-state index contributed by atoms with van der Waals surface area (Å²) in [5.74, 6) is 2.26. The number of hydrazone groups is 1. The van der Waals surface area contributed by atoms with Crippen LogP contribution in [0.4, 0.5) is 5.69 Å². The van der Waals surface area contributed by atoms with E-state index in [9.17, 15) is 0 Å². The molecule has 3 aromatic carbocycles. The molecule has 0 radical (unpaired) electrons. The summed E-state index contributed by atoms with van der Waals surface area (Å²) in [6, 6.07) is 22.1. The van der Waals surface area contributed by atoms with Crippen LogP contribution in [0, 0.1) is 0 Å². The molecule has 4 rings (SSSR count). The Morgan fingerprint density at radius 3 is 1.97 bits per heavy atom. The minimum Gasteiger partial charge on any atom is -0.497 e. The largest absolute Gasteiger partial charge is 0.497 e. The number of ether oxygens (including phenoxy) is 2. The molecule has 3 aromatic rings. The Kier molecular flexibility index (Phi) is 5.51. The number of amidine groups is 1. The molecule has 0 atom stereocenters. The summed E-state index contributed by atoms with van der Waals surface area (Å²) >= 11 is 0. The standard InChI is InChI=1S/C26H27N3O2/c1-26(2,3)19-10-6-18(7-11-19)25-27-23-15-14-21(31-5)16-22(23)24(28-29-25)17-8-12-20(30-4)13-9-17/h6-16H,1-5H3,(H,27,29). The molecule has 1 heterocycles. The molecule has 1 N–H and O–H groups in total. The molecule has 0 aliphatic carbocycles. The Labute approximate surface area is 183 Å². The number of nitrogens with one attached hydrogen (secondary N) is 1. The van der Waals surface area contributed by atoms with Crippen molar-refractivity contribution in [1.29, 1.82) is 0 Å². The lowest BCUT2D eigenvalue weighted by atomic mass is 9.86. The highest BCUT2D eigenvalue weighted by atomic mass is 16.5. The maximum Gasteiger partial charge on any atom is 0.154 e. The van der Waals surface area contributed by atoms with Crippen molar-refractivity contribution in [2.75, 3.05) is 14.2 Å². The Bertz CT molecular complexity index is 1140. The van der Waals surface area contributed by atoms with Crippen LogP contribution in [0.2, 0.25) is 0 Å². The number of aliphatic imine (C=N–C) groups is 1. The van der Waals surface area contributed by atoms with Crippen LogP contribution in [-0.2, 0) is 5.41 Å². The van der Waals surface area contributed by atoms with Gasteiger partial charge < -0.3 is 9.47 Å². The van der Waals surface area contributed by atoms with Gasteiger partial charge in [0.15, 0.2) is 5.84 Å². The molecule has 1 aliphatic heterocycles. The number of nitrogens with zero attached hydrogens (tertiary/aromatic N) is 2. The van der Waals surface area contributed by atoms with Crippen LogP contribution < -0.4 is 14.9 Å². The van der Waals surface area contributed by atoms with E-state index in [1.54, 1.807) is 14.2 Å². The molecule has 5 nitrogen and oxygen atoms in total. The highest BCUT2D eigenvalue weighted by Crippen LogP contribution is 2.30. The van der Waals surface area contributed by atoms with Gasteiger partial charge in [-0.2, -0.15) is 5.10 Å². The second kappa shape index (κ2) is 8.26. The van der Waals surface area contributed by atoms with Crippen molar-refractivity contribution in [2.45, 2.75) is 26.2 Å². The average molecular weight is 414 g/mol. The zero-order chi connectivity index (χ0) is 22.0. The first-order chi connectivity index (χ1) is 14.9. The lowest BCUT2D eigenvalue weighted by Gasteiger charge is -2.19. The Balaban J connectivity index is 1.79. The molecular weight excluding hydrogens is 386 g/mol. The van der Waals surface area contributed by atoms with E-state index >= 15 is 0 Å². The molecule has 0 spiro atoms. The fourth-order valence-corrected chi connectivity index (χ4v) is 3.47. The predicted octanol–water partition coefficient (Wildman–Crippen LogP) is 5.44. The predicted molar refractivity (Wildman–Crippen MR) is 126 cm³/mol. The molecule has 0 fully saturated rings. The summed E-state index contributed by atoms with van der Waals surface area (Å²) in [7, 11) is 3.32. The van der Waals surface area contributed by atoms with E-state index in [0.29, 0.717) is 5.84 Å². The first kappa shape index (κ1) is 20.7. The van der Waals surface area contributed by atoms with E-state index in [-0.39, 0.29) is 5.41 Å². The zero-order valence-electron chi connectivity index (χ0n) is 18.6.